The standard InChI is InChI=1S/C12H16N2O3/c1-8-5-9(12(16)17)6-11(13-8)14-4-2-3-10(14)7-15/h5-6,10,15H,2-4,7H2,1H3,(H,16,17). The Morgan fingerprint density at radius 1 is 1.59 bits per heavy atom. The molecule has 0 radical (unpaired) electrons. The van der Waals surface area contributed by atoms with Gasteiger partial charge in [0.1, 0.15) is 5.82 Å². The monoisotopic (exact) mass is 236 g/mol. The number of hydrogen-bond donors (Lipinski definition) is 2. The minimum atomic E-state index is -0.948. The molecule has 17 heavy (non-hydrogen) atoms. The zero-order valence-corrected chi connectivity index (χ0v) is 9.76. The number of aliphatic hydroxyl groups excluding tert-OH is 1. The fourth-order valence-corrected chi connectivity index (χ4v) is 2.25. The normalized spacial score (nSPS) is 19.6. The van der Waals surface area contributed by atoms with Crippen LogP contribution in [0.2, 0.25) is 0 Å². The van der Waals surface area contributed by atoms with Gasteiger partial charge in [0, 0.05) is 12.2 Å². The van der Waals surface area contributed by atoms with Crippen molar-refractivity contribution in [3.8, 4) is 0 Å². The van der Waals surface area contributed by atoms with Crippen molar-refractivity contribution in [2.75, 3.05) is 18.1 Å². The van der Waals surface area contributed by atoms with Crippen molar-refractivity contribution in [2.45, 2.75) is 25.8 Å². The molecule has 5 nitrogen and oxygen atoms in total. The predicted molar refractivity (Wildman–Crippen MR) is 63.4 cm³/mol. The summed E-state index contributed by atoms with van der Waals surface area (Å²) in [4.78, 5) is 17.3. The summed E-state index contributed by atoms with van der Waals surface area (Å²) < 4.78 is 0. The minimum Gasteiger partial charge on any atom is -0.478 e. The molecule has 1 unspecified atom stereocenters. The predicted octanol–water partition coefficient (Wildman–Crippen LogP) is 1.05. The first kappa shape index (κ1) is 11.9. The van der Waals surface area contributed by atoms with Crippen molar-refractivity contribution in [2.24, 2.45) is 0 Å². The number of anilines is 1. The Morgan fingerprint density at radius 2 is 2.35 bits per heavy atom. The second-order valence-corrected chi connectivity index (χ2v) is 4.33. The van der Waals surface area contributed by atoms with E-state index in [0.717, 1.165) is 19.4 Å². The van der Waals surface area contributed by atoms with E-state index in [1.165, 1.54) is 0 Å². The minimum absolute atomic E-state index is 0.0611. The molecule has 1 fully saturated rings. The van der Waals surface area contributed by atoms with Crippen LogP contribution in [0.3, 0.4) is 0 Å². The van der Waals surface area contributed by atoms with Crippen molar-refractivity contribution in [1.82, 2.24) is 4.98 Å². The number of carboxylic acids is 1. The molecule has 1 aromatic rings. The summed E-state index contributed by atoms with van der Waals surface area (Å²) in [5.41, 5.74) is 0.930. The van der Waals surface area contributed by atoms with Gasteiger partial charge in [-0.05, 0) is 31.9 Å². The third-order valence-electron chi connectivity index (χ3n) is 3.07. The Morgan fingerprint density at radius 3 is 3.00 bits per heavy atom. The van der Waals surface area contributed by atoms with E-state index in [-0.39, 0.29) is 18.2 Å². The number of rotatable bonds is 3. The van der Waals surface area contributed by atoms with Gasteiger partial charge in [-0.3, -0.25) is 0 Å². The molecule has 0 amide bonds. The van der Waals surface area contributed by atoms with Crippen LogP contribution in [0.1, 0.15) is 28.9 Å². The maximum Gasteiger partial charge on any atom is 0.335 e. The molecule has 5 heteroatoms. The average Bonchev–Trinajstić information content (AvgIpc) is 2.76. The summed E-state index contributed by atoms with van der Waals surface area (Å²) in [7, 11) is 0. The van der Waals surface area contributed by atoms with E-state index in [9.17, 15) is 9.90 Å². The third kappa shape index (κ3) is 2.39. The molecule has 2 rings (SSSR count). The van der Waals surface area contributed by atoms with Gasteiger partial charge in [0.15, 0.2) is 0 Å². The van der Waals surface area contributed by atoms with Gasteiger partial charge in [-0.15, -0.1) is 0 Å². The van der Waals surface area contributed by atoms with Crippen molar-refractivity contribution < 1.29 is 15.0 Å². The van der Waals surface area contributed by atoms with E-state index in [1.54, 1.807) is 19.1 Å². The molecule has 0 bridgehead atoms. The molecule has 2 N–H and O–H groups in total. The zero-order chi connectivity index (χ0) is 12.4. The molecule has 1 aromatic heterocycles. The highest BCUT2D eigenvalue weighted by Gasteiger charge is 2.25. The van der Waals surface area contributed by atoms with E-state index < -0.39 is 5.97 Å². The van der Waals surface area contributed by atoms with Crippen molar-refractivity contribution in [1.29, 1.82) is 0 Å². The molecule has 0 aromatic carbocycles. The smallest absolute Gasteiger partial charge is 0.335 e. The average molecular weight is 236 g/mol. The van der Waals surface area contributed by atoms with Crippen LogP contribution in [0.25, 0.3) is 0 Å². The highest BCUT2D eigenvalue weighted by atomic mass is 16.4. The van der Waals surface area contributed by atoms with Gasteiger partial charge in [-0.25, -0.2) is 9.78 Å². The van der Waals surface area contributed by atoms with Gasteiger partial charge in [-0.1, -0.05) is 0 Å². The van der Waals surface area contributed by atoms with E-state index in [0.29, 0.717) is 11.5 Å². The quantitative estimate of drug-likeness (QED) is 0.820. The lowest BCUT2D eigenvalue weighted by Gasteiger charge is -2.24. The highest BCUT2D eigenvalue weighted by Crippen LogP contribution is 2.24. The Hall–Kier alpha value is -1.62. The second kappa shape index (κ2) is 4.71. The Labute approximate surface area is 99.7 Å². The number of hydrogen-bond acceptors (Lipinski definition) is 4. The summed E-state index contributed by atoms with van der Waals surface area (Å²) in [6.45, 7) is 2.68. The number of nitrogens with zero attached hydrogens (tertiary/aromatic N) is 2. The first-order chi connectivity index (χ1) is 8.11. The first-order valence-corrected chi connectivity index (χ1v) is 5.71. The fraction of sp³-hybridized carbons (Fsp3) is 0.500. The fourth-order valence-electron chi connectivity index (χ4n) is 2.25. The molecule has 1 aliphatic rings. The van der Waals surface area contributed by atoms with Gasteiger partial charge in [0.05, 0.1) is 18.2 Å². The third-order valence-corrected chi connectivity index (χ3v) is 3.07. The van der Waals surface area contributed by atoms with Crippen molar-refractivity contribution in [3.63, 3.8) is 0 Å². The number of aryl methyl sites for hydroxylation is 1. The van der Waals surface area contributed by atoms with Gasteiger partial charge in [0.2, 0.25) is 0 Å². The van der Waals surface area contributed by atoms with E-state index >= 15 is 0 Å². The molecular weight excluding hydrogens is 220 g/mol. The van der Waals surface area contributed by atoms with Crippen molar-refractivity contribution >= 4 is 11.8 Å². The molecule has 92 valence electrons. The van der Waals surface area contributed by atoms with Gasteiger partial charge < -0.3 is 15.1 Å². The zero-order valence-electron chi connectivity index (χ0n) is 9.76. The summed E-state index contributed by atoms with van der Waals surface area (Å²) in [5.74, 6) is -0.296. The topological polar surface area (TPSA) is 73.7 Å². The Bertz CT molecular complexity index is 434. The van der Waals surface area contributed by atoms with E-state index in [1.807, 2.05) is 4.90 Å². The van der Waals surface area contributed by atoms with Crippen LogP contribution < -0.4 is 4.90 Å². The SMILES string of the molecule is Cc1cc(C(=O)O)cc(N2CCCC2CO)n1. The number of pyridine rings is 1. The highest BCUT2D eigenvalue weighted by molar-refractivity contribution is 5.88. The van der Waals surface area contributed by atoms with Crippen molar-refractivity contribution in [3.05, 3.63) is 23.4 Å². The molecule has 1 aliphatic heterocycles. The lowest BCUT2D eigenvalue weighted by molar-refractivity contribution is 0.0696. The number of aliphatic hydroxyl groups is 1. The maximum atomic E-state index is 11.0. The van der Waals surface area contributed by atoms with Crippen LogP contribution in [0, 0.1) is 6.92 Å². The summed E-state index contributed by atoms with van der Waals surface area (Å²) in [5, 5.41) is 18.3. The molecule has 2 heterocycles. The van der Waals surface area contributed by atoms with E-state index in [4.69, 9.17) is 5.11 Å². The summed E-state index contributed by atoms with van der Waals surface area (Å²) in [6, 6.07) is 3.19. The van der Waals surface area contributed by atoms with Crippen LogP contribution in [-0.4, -0.2) is 40.4 Å². The first-order valence-electron chi connectivity index (χ1n) is 5.71. The second-order valence-electron chi connectivity index (χ2n) is 4.33. The molecule has 0 saturated carbocycles. The van der Waals surface area contributed by atoms with E-state index in [2.05, 4.69) is 4.98 Å². The summed E-state index contributed by atoms with van der Waals surface area (Å²) >= 11 is 0. The molecule has 1 saturated heterocycles. The lowest BCUT2D eigenvalue weighted by Crippen LogP contribution is -2.33. The molecule has 0 spiro atoms. The Balaban J connectivity index is 2.34. The van der Waals surface area contributed by atoms with Gasteiger partial charge in [0.25, 0.3) is 0 Å². The van der Waals surface area contributed by atoms with Gasteiger partial charge >= 0.3 is 5.97 Å². The largest absolute Gasteiger partial charge is 0.478 e. The van der Waals surface area contributed by atoms with Crippen LogP contribution in [0.15, 0.2) is 12.1 Å². The van der Waals surface area contributed by atoms with Crippen LogP contribution >= 0.6 is 0 Å². The van der Waals surface area contributed by atoms with Crippen LogP contribution in [-0.2, 0) is 0 Å². The lowest BCUT2D eigenvalue weighted by atomic mass is 10.2. The van der Waals surface area contributed by atoms with Crippen LogP contribution in [0.4, 0.5) is 5.82 Å². The van der Waals surface area contributed by atoms with Crippen LogP contribution in [0.5, 0.6) is 0 Å². The Kier molecular flexibility index (Phi) is 3.28. The molecule has 1 atom stereocenters. The summed E-state index contributed by atoms with van der Waals surface area (Å²) in [6.07, 6.45) is 1.93. The number of aromatic carboxylic acids is 1. The number of carbonyl (C=O) groups is 1. The maximum absolute atomic E-state index is 11.0. The number of aromatic nitrogens is 1. The molecule has 0 aliphatic carbocycles. The molecular formula is C12H16N2O3. The number of carboxylic acid groups (broad SMARTS) is 1. The van der Waals surface area contributed by atoms with Gasteiger partial charge in [-0.2, -0.15) is 0 Å².